The van der Waals surface area contributed by atoms with Crippen LogP contribution in [0.2, 0.25) is 0 Å². The molecule has 0 bridgehead atoms. The smallest absolute Gasteiger partial charge is 0.118 e. The average molecular weight is 278 g/mol. The van der Waals surface area contributed by atoms with E-state index in [-0.39, 0.29) is 0 Å². The Morgan fingerprint density at radius 1 is 1.35 bits per heavy atom. The molecule has 0 amide bonds. The number of rotatable bonds is 5. The first kappa shape index (κ1) is 15.6. The topological polar surface area (TPSA) is 28.4 Å². The van der Waals surface area contributed by atoms with E-state index in [9.17, 15) is 0 Å². The monoisotopic (exact) mass is 278 g/mol. The zero-order valence-electron chi connectivity index (χ0n) is 13.7. The van der Waals surface area contributed by atoms with Crippen LogP contribution in [0.15, 0.2) is 10.5 Å². The highest BCUT2D eigenvalue weighted by Gasteiger charge is 2.24. The molecule has 0 saturated carbocycles. The summed E-state index contributed by atoms with van der Waals surface area (Å²) in [4.78, 5) is 2.56. The summed E-state index contributed by atoms with van der Waals surface area (Å²) in [5.41, 5.74) is 1.30. The van der Waals surface area contributed by atoms with Crippen molar-refractivity contribution in [3.8, 4) is 0 Å². The lowest BCUT2D eigenvalue weighted by atomic mass is 9.95. The molecule has 1 aromatic heterocycles. The lowest BCUT2D eigenvalue weighted by Crippen LogP contribution is -2.40. The highest BCUT2D eigenvalue weighted by atomic mass is 16.3. The fourth-order valence-electron chi connectivity index (χ4n) is 2.96. The van der Waals surface area contributed by atoms with Crippen LogP contribution in [-0.4, -0.2) is 23.5 Å². The first-order valence-corrected chi connectivity index (χ1v) is 8.01. The second-order valence-corrected chi connectivity index (χ2v) is 6.79. The van der Waals surface area contributed by atoms with Gasteiger partial charge in [0.25, 0.3) is 0 Å². The Bertz CT molecular complexity index is 425. The molecule has 1 fully saturated rings. The molecule has 2 rings (SSSR count). The van der Waals surface area contributed by atoms with E-state index in [2.05, 4.69) is 50.9 Å². The fourth-order valence-corrected chi connectivity index (χ4v) is 2.96. The summed E-state index contributed by atoms with van der Waals surface area (Å²) in [6.45, 7) is 14.2. The Balaban J connectivity index is 1.97. The summed E-state index contributed by atoms with van der Waals surface area (Å²) in [5.74, 6) is 2.99. The molecule has 2 unspecified atom stereocenters. The second-order valence-electron chi connectivity index (χ2n) is 6.79. The van der Waals surface area contributed by atoms with Crippen LogP contribution in [0.25, 0.3) is 0 Å². The maximum Gasteiger partial charge on any atom is 0.118 e. The zero-order chi connectivity index (χ0) is 14.7. The zero-order valence-corrected chi connectivity index (χ0v) is 13.7. The van der Waals surface area contributed by atoms with Gasteiger partial charge in [-0.25, -0.2) is 0 Å². The largest absolute Gasteiger partial charge is 0.465 e. The van der Waals surface area contributed by atoms with Gasteiger partial charge in [0.15, 0.2) is 0 Å². The van der Waals surface area contributed by atoms with Gasteiger partial charge in [-0.1, -0.05) is 20.8 Å². The highest BCUT2D eigenvalue weighted by Crippen LogP contribution is 2.24. The van der Waals surface area contributed by atoms with Gasteiger partial charge >= 0.3 is 0 Å². The van der Waals surface area contributed by atoms with Crippen LogP contribution < -0.4 is 5.32 Å². The molecule has 0 aliphatic carbocycles. The van der Waals surface area contributed by atoms with Gasteiger partial charge in [0, 0.05) is 30.7 Å². The lowest BCUT2D eigenvalue weighted by Gasteiger charge is -2.36. The molecule has 0 spiro atoms. The molecule has 0 aromatic carbocycles. The van der Waals surface area contributed by atoms with Gasteiger partial charge < -0.3 is 9.73 Å². The Morgan fingerprint density at radius 2 is 2.10 bits per heavy atom. The minimum Gasteiger partial charge on any atom is -0.465 e. The van der Waals surface area contributed by atoms with Crippen molar-refractivity contribution in [1.82, 2.24) is 10.2 Å². The molecule has 3 nitrogen and oxygen atoms in total. The average Bonchev–Trinajstić information content (AvgIpc) is 2.72. The van der Waals surface area contributed by atoms with Crippen molar-refractivity contribution in [2.45, 2.75) is 72.6 Å². The molecule has 1 N–H and O–H groups in total. The Labute approximate surface area is 123 Å². The number of aryl methyl sites for hydroxylation is 1. The molecular weight excluding hydrogens is 248 g/mol. The third kappa shape index (κ3) is 4.10. The van der Waals surface area contributed by atoms with Crippen molar-refractivity contribution in [2.75, 3.05) is 6.54 Å². The molecule has 1 aliphatic rings. The van der Waals surface area contributed by atoms with Crippen LogP contribution in [0.4, 0.5) is 0 Å². The van der Waals surface area contributed by atoms with Crippen molar-refractivity contribution < 1.29 is 4.42 Å². The van der Waals surface area contributed by atoms with Crippen LogP contribution in [0.5, 0.6) is 0 Å². The fraction of sp³-hybridized carbons (Fsp3) is 0.765. The molecule has 1 aliphatic heterocycles. The summed E-state index contributed by atoms with van der Waals surface area (Å²) in [6, 6.07) is 3.42. The summed E-state index contributed by atoms with van der Waals surface area (Å²) in [6.07, 6.45) is 2.67. The maximum absolute atomic E-state index is 5.95. The maximum atomic E-state index is 5.95. The third-order valence-corrected chi connectivity index (χ3v) is 4.38. The van der Waals surface area contributed by atoms with Crippen molar-refractivity contribution in [3.63, 3.8) is 0 Å². The van der Waals surface area contributed by atoms with Gasteiger partial charge in [0.2, 0.25) is 0 Å². The van der Waals surface area contributed by atoms with Crippen molar-refractivity contribution in [2.24, 2.45) is 5.92 Å². The SMILES string of the molecule is Cc1oc(CN2CC(C)CCC2C)cc1CNC(C)C. The molecule has 2 atom stereocenters. The van der Waals surface area contributed by atoms with E-state index in [0.29, 0.717) is 12.1 Å². The normalized spacial score (nSPS) is 24.5. The number of likely N-dealkylation sites (tertiary alicyclic amines) is 1. The third-order valence-electron chi connectivity index (χ3n) is 4.38. The first-order valence-electron chi connectivity index (χ1n) is 8.01. The van der Waals surface area contributed by atoms with Crippen LogP contribution in [0.1, 0.15) is 57.6 Å². The highest BCUT2D eigenvalue weighted by molar-refractivity contribution is 5.20. The first-order chi connectivity index (χ1) is 9.45. The molecule has 3 heteroatoms. The molecule has 2 heterocycles. The van der Waals surface area contributed by atoms with Gasteiger partial charge in [-0.3, -0.25) is 4.90 Å². The number of hydrogen-bond donors (Lipinski definition) is 1. The van der Waals surface area contributed by atoms with Gasteiger partial charge in [0.1, 0.15) is 11.5 Å². The predicted molar refractivity (Wildman–Crippen MR) is 83.7 cm³/mol. The van der Waals surface area contributed by atoms with Crippen LogP contribution in [-0.2, 0) is 13.1 Å². The number of furan rings is 1. The Kier molecular flexibility index (Phi) is 5.28. The molecule has 20 heavy (non-hydrogen) atoms. The van der Waals surface area contributed by atoms with E-state index in [0.717, 1.165) is 30.5 Å². The van der Waals surface area contributed by atoms with Gasteiger partial charge in [-0.15, -0.1) is 0 Å². The number of hydrogen-bond acceptors (Lipinski definition) is 3. The quantitative estimate of drug-likeness (QED) is 0.890. The van der Waals surface area contributed by atoms with E-state index in [1.807, 2.05) is 0 Å². The van der Waals surface area contributed by atoms with E-state index < -0.39 is 0 Å². The Morgan fingerprint density at radius 3 is 2.80 bits per heavy atom. The van der Waals surface area contributed by atoms with Crippen molar-refractivity contribution >= 4 is 0 Å². The minimum absolute atomic E-state index is 0.510. The molecule has 1 saturated heterocycles. The van der Waals surface area contributed by atoms with E-state index in [4.69, 9.17) is 4.42 Å². The minimum atomic E-state index is 0.510. The number of nitrogens with one attached hydrogen (secondary N) is 1. The standard InChI is InChI=1S/C17H30N2O/c1-12(2)18-9-16-8-17(20-15(16)5)11-19-10-13(3)6-7-14(19)4/h8,12-14,18H,6-7,9-11H2,1-5H3. The van der Waals surface area contributed by atoms with Gasteiger partial charge in [-0.2, -0.15) is 0 Å². The number of piperidine rings is 1. The van der Waals surface area contributed by atoms with Crippen LogP contribution in [0.3, 0.4) is 0 Å². The number of nitrogens with zero attached hydrogens (tertiary/aromatic N) is 1. The summed E-state index contributed by atoms with van der Waals surface area (Å²) in [5, 5.41) is 3.46. The Hall–Kier alpha value is -0.800. The molecule has 114 valence electrons. The van der Waals surface area contributed by atoms with Gasteiger partial charge in [0.05, 0.1) is 6.54 Å². The van der Waals surface area contributed by atoms with E-state index in [1.54, 1.807) is 0 Å². The second kappa shape index (κ2) is 6.77. The summed E-state index contributed by atoms with van der Waals surface area (Å²) < 4.78 is 5.95. The predicted octanol–water partition coefficient (Wildman–Crippen LogP) is 3.71. The van der Waals surface area contributed by atoms with Crippen molar-refractivity contribution in [1.29, 1.82) is 0 Å². The summed E-state index contributed by atoms with van der Waals surface area (Å²) in [7, 11) is 0. The molecule has 0 radical (unpaired) electrons. The summed E-state index contributed by atoms with van der Waals surface area (Å²) >= 11 is 0. The van der Waals surface area contributed by atoms with Gasteiger partial charge in [-0.05, 0) is 38.7 Å². The van der Waals surface area contributed by atoms with E-state index in [1.165, 1.54) is 24.9 Å². The van der Waals surface area contributed by atoms with E-state index >= 15 is 0 Å². The van der Waals surface area contributed by atoms with Crippen LogP contribution in [0, 0.1) is 12.8 Å². The molecular formula is C17H30N2O. The van der Waals surface area contributed by atoms with Crippen molar-refractivity contribution in [3.05, 3.63) is 23.2 Å². The van der Waals surface area contributed by atoms with Crippen LogP contribution >= 0.6 is 0 Å². The molecule has 1 aromatic rings. The lowest BCUT2D eigenvalue weighted by molar-refractivity contribution is 0.108.